The van der Waals surface area contributed by atoms with Gasteiger partial charge < -0.3 is 14.6 Å². The Morgan fingerprint density at radius 2 is 2.03 bits per heavy atom. The highest BCUT2D eigenvalue weighted by molar-refractivity contribution is 6.01. The van der Waals surface area contributed by atoms with Crippen LogP contribution in [-0.4, -0.2) is 46.6 Å². The Hall–Kier alpha value is -1.79. The molecule has 29 heavy (non-hydrogen) atoms. The van der Waals surface area contributed by atoms with E-state index >= 15 is 0 Å². The number of ketones is 2. The molecule has 5 rings (SSSR count). The highest BCUT2D eigenvalue weighted by Crippen LogP contribution is 2.75. The standard InChI is InChI=1S/C23H28O6/c1-13(24)28-12-18(26)22(27)9-7-16-17-5-4-14-10-15(25)6-8-20(14,2)23(17)19(29-23)11-21(16,22)3/h6,8,10,16-17,19,27H,4-5,7,9,11-12H2,1-3H3/t16?,17?,19?,20-,21-,22-,23?/m0/s1. The number of esters is 1. The molecule has 6 nitrogen and oxygen atoms in total. The molecule has 1 saturated heterocycles. The Morgan fingerprint density at radius 1 is 1.28 bits per heavy atom. The summed E-state index contributed by atoms with van der Waals surface area (Å²) in [7, 11) is 0. The van der Waals surface area contributed by atoms with Crippen LogP contribution in [0.25, 0.3) is 0 Å². The van der Waals surface area contributed by atoms with Gasteiger partial charge in [-0.2, -0.15) is 0 Å². The molecule has 0 bridgehead atoms. The zero-order chi connectivity index (χ0) is 20.8. The van der Waals surface area contributed by atoms with Gasteiger partial charge in [0.2, 0.25) is 5.78 Å². The van der Waals surface area contributed by atoms with Gasteiger partial charge in [-0.3, -0.25) is 14.4 Å². The van der Waals surface area contributed by atoms with E-state index in [9.17, 15) is 19.5 Å². The molecule has 0 aromatic carbocycles. The number of carbonyl (C=O) groups excluding carboxylic acids is 3. The van der Waals surface area contributed by atoms with E-state index in [2.05, 4.69) is 6.92 Å². The van der Waals surface area contributed by atoms with Gasteiger partial charge in [0.1, 0.15) is 11.2 Å². The van der Waals surface area contributed by atoms with Crippen molar-refractivity contribution >= 4 is 17.5 Å². The Labute approximate surface area is 170 Å². The second-order valence-electron chi connectivity index (χ2n) is 9.98. The van der Waals surface area contributed by atoms with E-state index in [-0.39, 0.29) is 41.3 Å². The number of epoxide rings is 1. The fraction of sp³-hybridized carbons (Fsp3) is 0.696. The molecule has 3 saturated carbocycles. The highest BCUT2D eigenvalue weighted by Gasteiger charge is 2.81. The topological polar surface area (TPSA) is 93.2 Å². The molecule has 156 valence electrons. The number of carbonyl (C=O) groups is 3. The lowest BCUT2D eigenvalue weighted by Gasteiger charge is -2.55. The molecule has 0 aromatic rings. The van der Waals surface area contributed by atoms with Gasteiger partial charge >= 0.3 is 5.97 Å². The lowest BCUT2D eigenvalue weighted by Crippen LogP contribution is -2.61. The third-order valence-electron chi connectivity index (χ3n) is 8.95. The number of aliphatic hydroxyl groups is 1. The third-order valence-corrected chi connectivity index (χ3v) is 8.95. The first-order valence-electron chi connectivity index (χ1n) is 10.6. The van der Waals surface area contributed by atoms with E-state index in [0.29, 0.717) is 12.8 Å². The van der Waals surface area contributed by atoms with E-state index in [0.717, 1.165) is 24.8 Å². The van der Waals surface area contributed by atoms with Crippen molar-refractivity contribution in [3.8, 4) is 0 Å². The highest BCUT2D eigenvalue weighted by atomic mass is 16.6. The van der Waals surface area contributed by atoms with Gasteiger partial charge in [0.05, 0.1) is 6.10 Å². The largest absolute Gasteiger partial charge is 0.458 e. The quantitative estimate of drug-likeness (QED) is 0.577. The third kappa shape index (κ3) is 2.17. The van der Waals surface area contributed by atoms with E-state index < -0.39 is 22.8 Å². The predicted molar refractivity (Wildman–Crippen MR) is 103 cm³/mol. The molecule has 6 heteroatoms. The number of ether oxygens (including phenoxy) is 2. The van der Waals surface area contributed by atoms with Gasteiger partial charge in [-0.05, 0) is 63.0 Å². The minimum atomic E-state index is -1.50. The molecular weight excluding hydrogens is 372 g/mol. The van der Waals surface area contributed by atoms with Gasteiger partial charge in [-0.15, -0.1) is 0 Å². The molecule has 5 aliphatic rings. The Balaban J connectivity index is 1.49. The molecule has 1 heterocycles. The van der Waals surface area contributed by atoms with Crippen LogP contribution in [-0.2, 0) is 23.9 Å². The van der Waals surface area contributed by atoms with Crippen molar-refractivity contribution in [3.05, 3.63) is 23.8 Å². The van der Waals surface area contributed by atoms with E-state index in [1.54, 1.807) is 12.2 Å². The smallest absolute Gasteiger partial charge is 0.303 e. The van der Waals surface area contributed by atoms with Crippen molar-refractivity contribution in [2.24, 2.45) is 22.7 Å². The molecule has 4 fully saturated rings. The van der Waals surface area contributed by atoms with Crippen molar-refractivity contribution in [1.82, 2.24) is 0 Å². The van der Waals surface area contributed by atoms with Crippen LogP contribution in [0.2, 0.25) is 0 Å². The van der Waals surface area contributed by atoms with Crippen LogP contribution in [0.1, 0.15) is 52.9 Å². The first kappa shape index (κ1) is 19.2. The molecular formula is C23H28O6. The summed E-state index contributed by atoms with van der Waals surface area (Å²) in [4.78, 5) is 36.0. The first-order valence-corrected chi connectivity index (χ1v) is 10.6. The second kappa shape index (κ2) is 5.67. The Kier molecular flexibility index (Phi) is 3.75. The molecule has 4 unspecified atom stereocenters. The number of rotatable bonds is 3. The molecule has 4 aliphatic carbocycles. The molecule has 0 aromatic heterocycles. The van der Waals surface area contributed by atoms with Gasteiger partial charge in [0, 0.05) is 17.8 Å². The Morgan fingerprint density at radius 3 is 2.76 bits per heavy atom. The van der Waals surface area contributed by atoms with E-state index in [4.69, 9.17) is 9.47 Å². The second-order valence-corrected chi connectivity index (χ2v) is 9.98. The van der Waals surface area contributed by atoms with Crippen LogP contribution in [0.15, 0.2) is 23.8 Å². The lowest BCUT2D eigenvalue weighted by molar-refractivity contribution is -0.165. The number of Topliss-reactive ketones (excluding diaryl/α,β-unsaturated/α-hetero) is 1. The average Bonchev–Trinajstić information content (AvgIpc) is 3.32. The predicted octanol–water partition coefficient (Wildman–Crippen LogP) is 2.29. The first-order chi connectivity index (χ1) is 13.6. The summed E-state index contributed by atoms with van der Waals surface area (Å²) in [5.74, 6) is -0.514. The van der Waals surface area contributed by atoms with Crippen molar-refractivity contribution < 1.29 is 29.0 Å². The maximum Gasteiger partial charge on any atom is 0.303 e. The van der Waals surface area contributed by atoms with Crippen molar-refractivity contribution in [3.63, 3.8) is 0 Å². The Bertz CT molecular complexity index is 888. The minimum absolute atomic E-state index is 0.0384. The normalized spacial score (nSPS) is 49.3. The van der Waals surface area contributed by atoms with Gasteiger partial charge in [-0.25, -0.2) is 0 Å². The van der Waals surface area contributed by atoms with E-state index in [1.807, 2.05) is 13.0 Å². The number of fused-ring (bicyclic) bond motifs is 3. The van der Waals surface area contributed by atoms with Crippen LogP contribution in [0.5, 0.6) is 0 Å². The minimum Gasteiger partial charge on any atom is -0.458 e. The van der Waals surface area contributed by atoms with Crippen LogP contribution in [0.4, 0.5) is 0 Å². The van der Waals surface area contributed by atoms with Crippen LogP contribution < -0.4 is 0 Å². The van der Waals surface area contributed by atoms with Crippen LogP contribution in [0, 0.1) is 22.7 Å². The summed E-state index contributed by atoms with van der Waals surface area (Å²) in [6, 6.07) is 0. The summed E-state index contributed by atoms with van der Waals surface area (Å²) >= 11 is 0. The number of allylic oxidation sites excluding steroid dienone is 2. The van der Waals surface area contributed by atoms with Crippen molar-refractivity contribution in [2.45, 2.75) is 70.2 Å². The fourth-order valence-corrected chi connectivity index (χ4v) is 7.40. The molecule has 1 spiro atoms. The van der Waals surface area contributed by atoms with E-state index in [1.165, 1.54) is 6.92 Å². The molecule has 0 amide bonds. The number of hydrogen-bond acceptors (Lipinski definition) is 6. The zero-order valence-electron chi connectivity index (χ0n) is 17.2. The molecule has 1 aliphatic heterocycles. The molecule has 7 atom stereocenters. The molecule has 0 radical (unpaired) electrons. The van der Waals surface area contributed by atoms with Crippen LogP contribution in [0.3, 0.4) is 0 Å². The average molecular weight is 400 g/mol. The van der Waals surface area contributed by atoms with Crippen molar-refractivity contribution in [2.75, 3.05) is 6.61 Å². The maximum absolute atomic E-state index is 12.9. The number of hydrogen-bond donors (Lipinski definition) is 1. The van der Waals surface area contributed by atoms with Gasteiger partial charge in [0.25, 0.3) is 0 Å². The monoisotopic (exact) mass is 400 g/mol. The van der Waals surface area contributed by atoms with Gasteiger partial charge in [-0.1, -0.05) is 18.6 Å². The zero-order valence-corrected chi connectivity index (χ0v) is 17.2. The molecule has 1 N–H and O–H groups in total. The van der Waals surface area contributed by atoms with Crippen LogP contribution >= 0.6 is 0 Å². The summed E-state index contributed by atoms with van der Waals surface area (Å²) in [6.07, 6.45) is 8.86. The maximum atomic E-state index is 12.9. The SMILES string of the molecule is CC(=O)OCC(=O)[C@@]1(O)CCC2C3CCC4=CC(=O)C=C[C@]4(C)C34OC4C[C@@]21C. The summed E-state index contributed by atoms with van der Waals surface area (Å²) in [5, 5.41) is 11.5. The summed E-state index contributed by atoms with van der Waals surface area (Å²) in [5.41, 5.74) is -1.61. The summed E-state index contributed by atoms with van der Waals surface area (Å²) in [6.45, 7) is 5.06. The van der Waals surface area contributed by atoms with Gasteiger partial charge in [0.15, 0.2) is 12.4 Å². The lowest BCUT2D eigenvalue weighted by atomic mass is 9.47. The summed E-state index contributed by atoms with van der Waals surface area (Å²) < 4.78 is 11.4. The van der Waals surface area contributed by atoms with Crippen molar-refractivity contribution in [1.29, 1.82) is 0 Å². The fourth-order valence-electron chi connectivity index (χ4n) is 7.40.